The Morgan fingerprint density at radius 3 is 2.61 bits per heavy atom. The standard InChI is InChI=1S/C19H12F2N6O/c20-12-4-3-5-13(21)11(12)9-26-17-15(24-19(26)28)8-22-18(25-17)27-10-23-14-6-1-2-7-16(14)27/h1-8,10H,9H2,(H,24,28). The predicted molar refractivity (Wildman–Crippen MR) is 98.2 cm³/mol. The summed E-state index contributed by atoms with van der Waals surface area (Å²) < 4.78 is 30.9. The van der Waals surface area contributed by atoms with Crippen LogP contribution in [0.5, 0.6) is 0 Å². The molecule has 0 radical (unpaired) electrons. The summed E-state index contributed by atoms with van der Waals surface area (Å²) in [5.74, 6) is -1.16. The van der Waals surface area contributed by atoms with Gasteiger partial charge in [-0.05, 0) is 24.3 Å². The van der Waals surface area contributed by atoms with Gasteiger partial charge in [0.2, 0.25) is 5.95 Å². The maximum Gasteiger partial charge on any atom is 0.328 e. The SMILES string of the molecule is O=c1[nH]c2cnc(-n3cnc4ccccc43)nc2n1Cc1c(F)cccc1F. The van der Waals surface area contributed by atoms with Crippen LogP contribution in [-0.4, -0.2) is 29.1 Å². The molecular formula is C19H12F2N6O. The fourth-order valence-corrected chi connectivity index (χ4v) is 3.16. The zero-order chi connectivity index (χ0) is 19.3. The molecule has 3 heterocycles. The van der Waals surface area contributed by atoms with Crippen molar-refractivity contribution in [3.8, 4) is 5.95 Å². The molecule has 3 aromatic heterocycles. The quantitative estimate of drug-likeness (QED) is 0.523. The number of hydrogen-bond acceptors (Lipinski definition) is 4. The van der Waals surface area contributed by atoms with Crippen molar-refractivity contribution in [3.63, 3.8) is 0 Å². The largest absolute Gasteiger partial charge is 0.328 e. The monoisotopic (exact) mass is 378 g/mol. The highest BCUT2D eigenvalue weighted by Crippen LogP contribution is 2.18. The lowest BCUT2D eigenvalue weighted by molar-refractivity contribution is 0.544. The van der Waals surface area contributed by atoms with Crippen LogP contribution in [0.15, 0.2) is 59.8 Å². The minimum Gasteiger partial charge on any atom is -0.303 e. The summed E-state index contributed by atoms with van der Waals surface area (Å²) in [4.78, 5) is 28.0. The van der Waals surface area contributed by atoms with Gasteiger partial charge in [0.1, 0.15) is 23.5 Å². The van der Waals surface area contributed by atoms with Gasteiger partial charge in [-0.2, -0.15) is 4.98 Å². The fraction of sp³-hybridized carbons (Fsp3) is 0.0526. The third kappa shape index (κ3) is 2.48. The molecule has 0 unspecified atom stereocenters. The molecule has 28 heavy (non-hydrogen) atoms. The zero-order valence-electron chi connectivity index (χ0n) is 14.3. The van der Waals surface area contributed by atoms with E-state index in [0.29, 0.717) is 11.5 Å². The van der Waals surface area contributed by atoms with Crippen molar-refractivity contribution < 1.29 is 8.78 Å². The normalized spacial score (nSPS) is 11.5. The van der Waals surface area contributed by atoms with Gasteiger partial charge in [0.25, 0.3) is 0 Å². The van der Waals surface area contributed by atoms with Crippen molar-refractivity contribution in [1.29, 1.82) is 0 Å². The molecule has 0 bridgehead atoms. The molecule has 2 aromatic carbocycles. The number of benzene rings is 2. The highest BCUT2D eigenvalue weighted by molar-refractivity contribution is 5.77. The highest BCUT2D eigenvalue weighted by atomic mass is 19.1. The molecule has 9 heteroatoms. The van der Waals surface area contributed by atoms with Crippen LogP contribution in [0.2, 0.25) is 0 Å². The second kappa shape index (κ2) is 6.08. The summed E-state index contributed by atoms with van der Waals surface area (Å²) in [5, 5.41) is 0. The Morgan fingerprint density at radius 2 is 1.79 bits per heavy atom. The van der Waals surface area contributed by atoms with Crippen LogP contribution in [0, 0.1) is 11.6 Å². The Bertz CT molecular complexity index is 1380. The van der Waals surface area contributed by atoms with Crippen molar-refractivity contribution >= 4 is 22.2 Å². The molecule has 0 atom stereocenters. The van der Waals surface area contributed by atoms with E-state index in [1.165, 1.54) is 16.8 Å². The number of nitrogens with zero attached hydrogens (tertiary/aromatic N) is 5. The van der Waals surface area contributed by atoms with E-state index >= 15 is 0 Å². The number of aromatic amines is 1. The van der Waals surface area contributed by atoms with Crippen LogP contribution in [-0.2, 0) is 6.54 Å². The molecule has 0 aliphatic rings. The highest BCUT2D eigenvalue weighted by Gasteiger charge is 2.16. The average Bonchev–Trinajstić information content (AvgIpc) is 3.25. The van der Waals surface area contributed by atoms with E-state index in [1.807, 2.05) is 24.3 Å². The molecule has 5 aromatic rings. The van der Waals surface area contributed by atoms with E-state index < -0.39 is 17.3 Å². The van der Waals surface area contributed by atoms with Crippen LogP contribution < -0.4 is 5.69 Å². The number of halogens is 2. The molecule has 0 spiro atoms. The summed E-state index contributed by atoms with van der Waals surface area (Å²) in [7, 11) is 0. The van der Waals surface area contributed by atoms with Gasteiger partial charge in [0.05, 0.1) is 23.8 Å². The smallest absolute Gasteiger partial charge is 0.303 e. The molecule has 5 rings (SSSR count). The Morgan fingerprint density at radius 1 is 1.00 bits per heavy atom. The predicted octanol–water partition coefficient (Wildman–Crippen LogP) is 2.79. The van der Waals surface area contributed by atoms with E-state index in [4.69, 9.17) is 0 Å². The Hall–Kier alpha value is -3.88. The molecule has 0 saturated carbocycles. The van der Waals surface area contributed by atoms with E-state index in [-0.39, 0.29) is 17.8 Å². The molecule has 0 amide bonds. The molecular weight excluding hydrogens is 366 g/mol. The lowest BCUT2D eigenvalue weighted by atomic mass is 10.2. The first-order valence-electron chi connectivity index (χ1n) is 8.43. The Labute approximate surface area is 155 Å². The summed E-state index contributed by atoms with van der Waals surface area (Å²) >= 11 is 0. The van der Waals surface area contributed by atoms with Gasteiger partial charge in [0.15, 0.2) is 5.65 Å². The van der Waals surface area contributed by atoms with Crippen molar-refractivity contribution in [2.75, 3.05) is 0 Å². The number of imidazole rings is 2. The Kier molecular flexibility index (Phi) is 3.54. The van der Waals surface area contributed by atoms with Crippen LogP contribution in [0.3, 0.4) is 0 Å². The second-order valence-corrected chi connectivity index (χ2v) is 6.23. The number of H-pyrrole nitrogens is 1. The van der Waals surface area contributed by atoms with E-state index in [0.717, 1.165) is 23.2 Å². The van der Waals surface area contributed by atoms with Gasteiger partial charge in [0, 0.05) is 5.56 Å². The first kappa shape index (κ1) is 16.3. The topological polar surface area (TPSA) is 81.4 Å². The van der Waals surface area contributed by atoms with E-state index in [9.17, 15) is 13.6 Å². The van der Waals surface area contributed by atoms with Crippen LogP contribution >= 0.6 is 0 Å². The lowest BCUT2D eigenvalue weighted by Crippen LogP contribution is -2.19. The average molecular weight is 378 g/mol. The van der Waals surface area contributed by atoms with Crippen molar-refractivity contribution in [1.82, 2.24) is 29.1 Å². The summed E-state index contributed by atoms with van der Waals surface area (Å²) in [6.07, 6.45) is 3.04. The lowest BCUT2D eigenvalue weighted by Gasteiger charge is -2.07. The maximum atomic E-state index is 14.0. The summed E-state index contributed by atoms with van der Waals surface area (Å²) in [5.41, 5.74) is 1.45. The Balaban J connectivity index is 1.68. The number of para-hydroxylation sites is 2. The molecule has 0 aliphatic heterocycles. The number of rotatable bonds is 3. The molecule has 7 nitrogen and oxygen atoms in total. The van der Waals surface area contributed by atoms with Gasteiger partial charge in [-0.3, -0.25) is 9.13 Å². The van der Waals surface area contributed by atoms with Gasteiger partial charge < -0.3 is 4.98 Å². The van der Waals surface area contributed by atoms with Crippen LogP contribution in [0.25, 0.3) is 28.1 Å². The number of nitrogens with one attached hydrogen (secondary N) is 1. The third-order valence-electron chi connectivity index (χ3n) is 4.55. The molecule has 138 valence electrons. The number of aromatic nitrogens is 6. The molecule has 0 fully saturated rings. The fourth-order valence-electron chi connectivity index (χ4n) is 3.16. The van der Waals surface area contributed by atoms with Gasteiger partial charge in [-0.15, -0.1) is 0 Å². The maximum absolute atomic E-state index is 14.0. The first-order valence-corrected chi connectivity index (χ1v) is 8.43. The first-order chi connectivity index (χ1) is 13.6. The van der Waals surface area contributed by atoms with E-state index in [1.54, 1.807) is 10.9 Å². The number of hydrogen-bond donors (Lipinski definition) is 1. The summed E-state index contributed by atoms with van der Waals surface area (Å²) in [6, 6.07) is 11.0. The minimum absolute atomic E-state index is 0.209. The number of fused-ring (bicyclic) bond motifs is 2. The van der Waals surface area contributed by atoms with Gasteiger partial charge >= 0.3 is 5.69 Å². The van der Waals surface area contributed by atoms with Crippen molar-refractivity contribution in [2.24, 2.45) is 0 Å². The van der Waals surface area contributed by atoms with Crippen molar-refractivity contribution in [2.45, 2.75) is 6.54 Å². The minimum atomic E-state index is -0.726. The molecule has 0 aliphatic carbocycles. The second-order valence-electron chi connectivity index (χ2n) is 6.23. The zero-order valence-corrected chi connectivity index (χ0v) is 14.3. The van der Waals surface area contributed by atoms with Crippen LogP contribution in [0.1, 0.15) is 5.56 Å². The third-order valence-corrected chi connectivity index (χ3v) is 4.55. The van der Waals surface area contributed by atoms with Crippen LogP contribution in [0.4, 0.5) is 8.78 Å². The van der Waals surface area contributed by atoms with Crippen molar-refractivity contribution in [3.05, 3.63) is 82.7 Å². The van der Waals surface area contributed by atoms with Gasteiger partial charge in [-0.25, -0.2) is 23.5 Å². The van der Waals surface area contributed by atoms with E-state index in [2.05, 4.69) is 19.9 Å². The summed E-state index contributed by atoms with van der Waals surface area (Å²) in [6.45, 7) is -0.293. The molecule has 1 N–H and O–H groups in total. The van der Waals surface area contributed by atoms with Gasteiger partial charge in [-0.1, -0.05) is 18.2 Å². The molecule has 0 saturated heterocycles.